The van der Waals surface area contributed by atoms with E-state index in [1.807, 2.05) is 0 Å². The second-order valence-electron chi connectivity index (χ2n) is 6.31. The van der Waals surface area contributed by atoms with Crippen LogP contribution in [0.2, 0.25) is 5.15 Å². The van der Waals surface area contributed by atoms with Crippen molar-refractivity contribution in [2.45, 2.75) is 31.6 Å². The predicted octanol–water partition coefficient (Wildman–Crippen LogP) is 2.38. The van der Waals surface area contributed by atoms with Crippen LogP contribution in [0.5, 0.6) is 0 Å². The third-order valence-corrected chi connectivity index (χ3v) is 5.54. The number of hydrogen-bond acceptors (Lipinski definition) is 4. The molecule has 0 bridgehead atoms. The quantitative estimate of drug-likeness (QED) is 0.804. The van der Waals surface area contributed by atoms with Crippen molar-refractivity contribution in [2.75, 3.05) is 26.2 Å². The minimum absolute atomic E-state index is 0.161. The van der Waals surface area contributed by atoms with Gasteiger partial charge in [-0.15, -0.1) is 0 Å². The average Bonchev–Trinajstić information content (AvgIpc) is 2.46. The van der Waals surface area contributed by atoms with E-state index in [0.717, 1.165) is 32.5 Å². The summed E-state index contributed by atoms with van der Waals surface area (Å²) in [4.78, 5) is 6.44. The molecule has 7 heteroatoms. The van der Waals surface area contributed by atoms with Crippen LogP contribution < -0.4 is 4.72 Å². The fourth-order valence-corrected chi connectivity index (χ4v) is 3.89. The van der Waals surface area contributed by atoms with Gasteiger partial charge < -0.3 is 4.90 Å². The number of hydrogen-bond donors (Lipinski definition) is 1. The SMILES string of the molecule is CC(C)CN1CCC(CNS(=O)(=O)c2ccc(Cl)nc2)CC1. The van der Waals surface area contributed by atoms with E-state index in [0.29, 0.717) is 18.4 Å². The third kappa shape index (κ3) is 5.19. The van der Waals surface area contributed by atoms with Gasteiger partial charge in [-0.3, -0.25) is 0 Å². The molecule has 22 heavy (non-hydrogen) atoms. The minimum atomic E-state index is -3.49. The van der Waals surface area contributed by atoms with Crippen LogP contribution in [0.1, 0.15) is 26.7 Å². The molecule has 1 aromatic heterocycles. The van der Waals surface area contributed by atoms with Crippen molar-refractivity contribution in [3.8, 4) is 0 Å². The maximum Gasteiger partial charge on any atom is 0.242 e. The zero-order valence-electron chi connectivity index (χ0n) is 13.1. The van der Waals surface area contributed by atoms with Crippen LogP contribution in [0.25, 0.3) is 0 Å². The minimum Gasteiger partial charge on any atom is -0.303 e. The largest absolute Gasteiger partial charge is 0.303 e. The first-order valence-corrected chi connectivity index (χ1v) is 9.56. The van der Waals surface area contributed by atoms with E-state index in [1.54, 1.807) is 0 Å². The van der Waals surface area contributed by atoms with Crippen molar-refractivity contribution < 1.29 is 8.42 Å². The van der Waals surface area contributed by atoms with Gasteiger partial charge in [-0.25, -0.2) is 18.1 Å². The van der Waals surface area contributed by atoms with Crippen LogP contribution in [0.15, 0.2) is 23.2 Å². The lowest BCUT2D eigenvalue weighted by atomic mass is 9.96. The van der Waals surface area contributed by atoms with E-state index >= 15 is 0 Å². The average molecular weight is 346 g/mol. The van der Waals surface area contributed by atoms with Crippen LogP contribution in [0.3, 0.4) is 0 Å². The Hall–Kier alpha value is -0.690. The Kier molecular flexibility index (Phi) is 6.20. The van der Waals surface area contributed by atoms with E-state index in [1.165, 1.54) is 18.3 Å². The fraction of sp³-hybridized carbons (Fsp3) is 0.667. The molecule has 124 valence electrons. The van der Waals surface area contributed by atoms with E-state index in [4.69, 9.17) is 11.6 Å². The van der Waals surface area contributed by atoms with Crippen molar-refractivity contribution in [3.63, 3.8) is 0 Å². The van der Waals surface area contributed by atoms with Crippen molar-refractivity contribution in [1.82, 2.24) is 14.6 Å². The van der Waals surface area contributed by atoms with Gasteiger partial charge in [0, 0.05) is 19.3 Å². The van der Waals surface area contributed by atoms with Crippen molar-refractivity contribution in [3.05, 3.63) is 23.5 Å². The number of nitrogens with one attached hydrogen (secondary N) is 1. The number of rotatable bonds is 6. The summed E-state index contributed by atoms with van der Waals surface area (Å²) < 4.78 is 27.1. The molecular formula is C15H24ClN3O2S. The zero-order valence-corrected chi connectivity index (χ0v) is 14.7. The van der Waals surface area contributed by atoms with Gasteiger partial charge in [0.2, 0.25) is 10.0 Å². The van der Waals surface area contributed by atoms with Crippen LogP contribution in [0.4, 0.5) is 0 Å². The number of halogens is 1. The molecule has 1 saturated heterocycles. The number of piperidine rings is 1. The lowest BCUT2D eigenvalue weighted by molar-refractivity contribution is 0.169. The van der Waals surface area contributed by atoms with Crippen LogP contribution >= 0.6 is 11.6 Å². The topological polar surface area (TPSA) is 62.3 Å². The predicted molar refractivity (Wildman–Crippen MR) is 88.4 cm³/mol. The van der Waals surface area contributed by atoms with E-state index in [2.05, 4.69) is 28.5 Å². The molecule has 1 aliphatic rings. The van der Waals surface area contributed by atoms with Gasteiger partial charge in [0.1, 0.15) is 10.0 Å². The molecule has 0 amide bonds. The van der Waals surface area contributed by atoms with Gasteiger partial charge in [-0.2, -0.15) is 0 Å². The summed E-state index contributed by atoms with van der Waals surface area (Å²) >= 11 is 5.68. The van der Waals surface area contributed by atoms with E-state index < -0.39 is 10.0 Å². The molecule has 2 heterocycles. The Morgan fingerprint density at radius 3 is 2.59 bits per heavy atom. The smallest absolute Gasteiger partial charge is 0.242 e. The first-order valence-electron chi connectivity index (χ1n) is 7.70. The molecule has 0 unspecified atom stereocenters. The maximum absolute atomic E-state index is 12.2. The monoisotopic (exact) mass is 345 g/mol. The first kappa shape index (κ1) is 17.7. The van der Waals surface area contributed by atoms with Crippen LogP contribution in [-0.2, 0) is 10.0 Å². The van der Waals surface area contributed by atoms with Gasteiger partial charge in [-0.1, -0.05) is 25.4 Å². The summed E-state index contributed by atoms with van der Waals surface area (Å²) in [6.45, 7) is 8.15. The van der Waals surface area contributed by atoms with Crippen LogP contribution in [0, 0.1) is 11.8 Å². The molecule has 0 radical (unpaired) electrons. The Labute approximate surface area is 138 Å². The van der Waals surface area contributed by atoms with Gasteiger partial charge in [-0.05, 0) is 49.9 Å². The Morgan fingerprint density at radius 2 is 2.05 bits per heavy atom. The van der Waals surface area contributed by atoms with Crippen molar-refractivity contribution in [2.24, 2.45) is 11.8 Å². The summed E-state index contributed by atoms with van der Waals surface area (Å²) in [5.41, 5.74) is 0. The highest BCUT2D eigenvalue weighted by Crippen LogP contribution is 2.18. The van der Waals surface area contributed by atoms with Crippen molar-refractivity contribution >= 4 is 21.6 Å². The van der Waals surface area contributed by atoms with Crippen molar-refractivity contribution in [1.29, 1.82) is 0 Å². The molecule has 5 nitrogen and oxygen atoms in total. The van der Waals surface area contributed by atoms with Gasteiger partial charge in [0.15, 0.2) is 0 Å². The number of aromatic nitrogens is 1. The molecule has 0 saturated carbocycles. The van der Waals surface area contributed by atoms with Gasteiger partial charge >= 0.3 is 0 Å². The molecule has 1 aliphatic heterocycles. The number of likely N-dealkylation sites (tertiary alicyclic amines) is 1. The normalized spacial score (nSPS) is 18.0. The summed E-state index contributed by atoms with van der Waals surface area (Å²) in [5, 5.41) is 0.288. The third-order valence-electron chi connectivity index (χ3n) is 3.90. The Morgan fingerprint density at radius 1 is 1.36 bits per heavy atom. The molecule has 1 aromatic rings. The molecule has 2 rings (SSSR count). The lowest BCUT2D eigenvalue weighted by Crippen LogP contribution is -2.40. The lowest BCUT2D eigenvalue weighted by Gasteiger charge is -2.32. The Balaban J connectivity index is 1.82. The zero-order chi connectivity index (χ0) is 16.2. The molecule has 1 N–H and O–H groups in total. The molecule has 1 fully saturated rings. The summed E-state index contributed by atoms with van der Waals surface area (Å²) in [6.07, 6.45) is 3.36. The van der Waals surface area contributed by atoms with E-state index in [-0.39, 0.29) is 10.0 Å². The second kappa shape index (κ2) is 7.73. The molecule has 0 aliphatic carbocycles. The molecule has 0 aromatic carbocycles. The van der Waals surface area contributed by atoms with Gasteiger partial charge in [0.25, 0.3) is 0 Å². The fourth-order valence-electron chi connectivity index (χ4n) is 2.72. The van der Waals surface area contributed by atoms with Gasteiger partial charge in [0.05, 0.1) is 0 Å². The summed E-state index contributed by atoms with van der Waals surface area (Å²) in [6, 6.07) is 2.96. The molecule has 0 spiro atoms. The number of sulfonamides is 1. The van der Waals surface area contributed by atoms with E-state index in [9.17, 15) is 8.42 Å². The number of pyridine rings is 1. The molecule has 0 atom stereocenters. The standard InChI is InChI=1S/C15H24ClN3O2S/c1-12(2)11-19-7-5-13(6-8-19)9-18-22(20,21)14-3-4-15(16)17-10-14/h3-4,10,12-13,18H,5-9,11H2,1-2H3. The van der Waals surface area contributed by atoms with Crippen LogP contribution in [-0.4, -0.2) is 44.5 Å². The number of nitrogens with zero attached hydrogens (tertiary/aromatic N) is 2. The highest BCUT2D eigenvalue weighted by molar-refractivity contribution is 7.89. The summed E-state index contributed by atoms with van der Waals surface area (Å²) in [5.74, 6) is 1.07. The summed E-state index contributed by atoms with van der Waals surface area (Å²) in [7, 11) is -3.49. The highest BCUT2D eigenvalue weighted by atomic mass is 35.5. The maximum atomic E-state index is 12.2. The Bertz CT molecular complexity index is 567. The highest BCUT2D eigenvalue weighted by Gasteiger charge is 2.22. The second-order valence-corrected chi connectivity index (χ2v) is 8.46. The molecular weight excluding hydrogens is 322 g/mol. The first-order chi connectivity index (χ1) is 10.4.